The molecule has 1 fully saturated rings. The van der Waals surface area contributed by atoms with Crippen molar-refractivity contribution in [1.29, 1.82) is 0 Å². The zero-order valence-corrected chi connectivity index (χ0v) is 12.3. The van der Waals surface area contributed by atoms with Gasteiger partial charge in [0.15, 0.2) is 0 Å². The molecule has 2 unspecified atom stereocenters. The van der Waals surface area contributed by atoms with Crippen LogP contribution in [0.2, 0.25) is 0 Å². The second kappa shape index (κ2) is 8.08. The van der Waals surface area contributed by atoms with Gasteiger partial charge in [0.25, 0.3) is 0 Å². The minimum absolute atomic E-state index is 0.396. The van der Waals surface area contributed by atoms with E-state index >= 15 is 0 Å². The molecule has 1 nitrogen and oxygen atoms in total. The zero-order valence-electron chi connectivity index (χ0n) is 10.8. The minimum Gasteiger partial charge on any atom is -0.316 e. The lowest BCUT2D eigenvalue weighted by Gasteiger charge is -2.27. The van der Waals surface area contributed by atoms with Crippen LogP contribution in [0.15, 0.2) is 35.2 Å². The Morgan fingerprint density at radius 2 is 1.94 bits per heavy atom. The fraction of sp³-hybridized carbons (Fsp3) is 0.600. The molecule has 1 saturated carbocycles. The summed E-state index contributed by atoms with van der Waals surface area (Å²) in [6, 6.07) is 10.6. The van der Waals surface area contributed by atoms with Crippen molar-refractivity contribution in [3.63, 3.8) is 0 Å². The first-order chi connectivity index (χ1) is 8.86. The Bertz CT molecular complexity index is 331. The molecule has 0 saturated heterocycles. The third-order valence-corrected chi connectivity index (χ3v) is 5.10. The summed E-state index contributed by atoms with van der Waals surface area (Å²) in [6.45, 7) is 2.16. The number of rotatable bonds is 6. The van der Waals surface area contributed by atoms with Crippen LogP contribution in [0.5, 0.6) is 0 Å². The van der Waals surface area contributed by atoms with Gasteiger partial charge >= 0.3 is 0 Å². The summed E-state index contributed by atoms with van der Waals surface area (Å²) < 4.78 is 0. The fourth-order valence-corrected chi connectivity index (χ4v) is 3.64. The summed E-state index contributed by atoms with van der Waals surface area (Å²) in [5.74, 6) is 1.81. The molecule has 0 radical (unpaired) electrons. The first-order valence-electron chi connectivity index (χ1n) is 6.89. The molecule has 0 aliphatic heterocycles. The maximum Gasteiger partial charge on any atom is 0.0376 e. The molecule has 1 aromatic carbocycles. The summed E-state index contributed by atoms with van der Waals surface area (Å²) in [6.07, 6.45) is 5.17. The first kappa shape index (κ1) is 14.2. The largest absolute Gasteiger partial charge is 0.316 e. The topological polar surface area (TPSA) is 12.0 Å². The number of thioether (sulfide) groups is 1. The third kappa shape index (κ3) is 4.83. The lowest BCUT2D eigenvalue weighted by Crippen LogP contribution is -2.32. The van der Waals surface area contributed by atoms with Gasteiger partial charge in [-0.25, -0.2) is 0 Å². The number of alkyl halides is 1. The SMILES string of the molecule is ClC1CCCCC1CNCCSc1ccccc1. The fourth-order valence-electron chi connectivity index (χ4n) is 2.44. The van der Waals surface area contributed by atoms with Gasteiger partial charge in [-0.3, -0.25) is 0 Å². The number of halogens is 1. The quantitative estimate of drug-likeness (QED) is 0.478. The van der Waals surface area contributed by atoms with Gasteiger partial charge in [-0.1, -0.05) is 31.0 Å². The molecular formula is C15H22ClNS. The van der Waals surface area contributed by atoms with E-state index in [2.05, 4.69) is 35.6 Å². The van der Waals surface area contributed by atoms with E-state index in [4.69, 9.17) is 11.6 Å². The van der Waals surface area contributed by atoms with Crippen LogP contribution in [0.25, 0.3) is 0 Å². The van der Waals surface area contributed by atoms with Crippen molar-refractivity contribution in [2.75, 3.05) is 18.8 Å². The van der Waals surface area contributed by atoms with Crippen LogP contribution >= 0.6 is 23.4 Å². The molecule has 1 aliphatic carbocycles. The van der Waals surface area contributed by atoms with Crippen molar-refractivity contribution >= 4 is 23.4 Å². The average molecular weight is 284 g/mol. The molecule has 0 spiro atoms. The van der Waals surface area contributed by atoms with E-state index in [1.165, 1.54) is 30.6 Å². The number of hydrogen-bond acceptors (Lipinski definition) is 2. The van der Waals surface area contributed by atoms with Crippen molar-refractivity contribution in [2.24, 2.45) is 5.92 Å². The monoisotopic (exact) mass is 283 g/mol. The average Bonchev–Trinajstić information content (AvgIpc) is 2.42. The number of nitrogens with one attached hydrogen (secondary N) is 1. The highest BCUT2D eigenvalue weighted by Crippen LogP contribution is 2.28. The lowest BCUT2D eigenvalue weighted by molar-refractivity contribution is 0.352. The molecule has 1 aromatic rings. The molecule has 0 amide bonds. The van der Waals surface area contributed by atoms with Gasteiger partial charge in [-0.2, -0.15) is 0 Å². The first-order valence-corrected chi connectivity index (χ1v) is 8.31. The molecule has 1 N–H and O–H groups in total. The van der Waals surface area contributed by atoms with Crippen LogP contribution in [0, 0.1) is 5.92 Å². The summed E-state index contributed by atoms with van der Waals surface area (Å²) in [5, 5.41) is 3.95. The summed E-state index contributed by atoms with van der Waals surface area (Å²) in [5.41, 5.74) is 0. The predicted octanol–water partition coefficient (Wildman–Crippen LogP) is 4.17. The molecular weight excluding hydrogens is 262 g/mol. The van der Waals surface area contributed by atoms with E-state index in [-0.39, 0.29) is 0 Å². The Kier molecular flexibility index (Phi) is 6.39. The molecule has 1 aliphatic rings. The van der Waals surface area contributed by atoms with E-state index in [9.17, 15) is 0 Å². The van der Waals surface area contributed by atoms with Crippen molar-refractivity contribution in [3.05, 3.63) is 30.3 Å². The van der Waals surface area contributed by atoms with Crippen molar-refractivity contribution < 1.29 is 0 Å². The van der Waals surface area contributed by atoms with E-state index in [0.717, 1.165) is 18.8 Å². The van der Waals surface area contributed by atoms with Gasteiger partial charge in [-0.05, 0) is 37.4 Å². The molecule has 100 valence electrons. The van der Waals surface area contributed by atoms with Gasteiger partial charge in [-0.15, -0.1) is 23.4 Å². The highest BCUT2D eigenvalue weighted by molar-refractivity contribution is 7.99. The van der Waals surface area contributed by atoms with Crippen LogP contribution in [0.1, 0.15) is 25.7 Å². The number of benzene rings is 1. The van der Waals surface area contributed by atoms with Crippen molar-refractivity contribution in [3.8, 4) is 0 Å². The molecule has 0 heterocycles. The highest BCUT2D eigenvalue weighted by atomic mass is 35.5. The maximum atomic E-state index is 6.35. The Labute approximate surface area is 120 Å². The lowest BCUT2D eigenvalue weighted by atomic mass is 9.89. The highest BCUT2D eigenvalue weighted by Gasteiger charge is 2.22. The molecule has 18 heavy (non-hydrogen) atoms. The van der Waals surface area contributed by atoms with Gasteiger partial charge < -0.3 is 5.32 Å². The second-order valence-electron chi connectivity index (χ2n) is 4.93. The summed E-state index contributed by atoms with van der Waals surface area (Å²) in [4.78, 5) is 1.35. The van der Waals surface area contributed by atoms with Crippen LogP contribution in [-0.4, -0.2) is 24.2 Å². The predicted molar refractivity (Wildman–Crippen MR) is 81.6 cm³/mol. The van der Waals surface area contributed by atoms with Crippen molar-refractivity contribution in [1.82, 2.24) is 5.32 Å². The summed E-state index contributed by atoms with van der Waals surface area (Å²) >= 11 is 8.26. The Morgan fingerprint density at radius 1 is 1.17 bits per heavy atom. The molecule has 3 heteroatoms. The smallest absolute Gasteiger partial charge is 0.0376 e. The normalized spacial score (nSPS) is 24.1. The summed E-state index contributed by atoms with van der Waals surface area (Å²) in [7, 11) is 0. The van der Waals surface area contributed by atoms with Crippen LogP contribution in [0.4, 0.5) is 0 Å². The molecule has 0 bridgehead atoms. The van der Waals surface area contributed by atoms with E-state index in [1.54, 1.807) is 0 Å². The second-order valence-corrected chi connectivity index (χ2v) is 6.66. The maximum absolute atomic E-state index is 6.35. The van der Waals surface area contributed by atoms with Crippen LogP contribution in [0.3, 0.4) is 0 Å². The van der Waals surface area contributed by atoms with Crippen LogP contribution < -0.4 is 5.32 Å². The minimum atomic E-state index is 0.396. The van der Waals surface area contributed by atoms with Crippen molar-refractivity contribution in [2.45, 2.75) is 36.0 Å². The van der Waals surface area contributed by atoms with Gasteiger partial charge in [0.05, 0.1) is 0 Å². The number of hydrogen-bond donors (Lipinski definition) is 1. The molecule has 2 rings (SSSR count). The Morgan fingerprint density at radius 3 is 2.72 bits per heavy atom. The Balaban J connectivity index is 1.56. The standard InChI is InChI=1S/C15H22ClNS/c16-15-9-5-4-6-13(15)12-17-10-11-18-14-7-2-1-3-8-14/h1-3,7-8,13,15,17H,4-6,9-12H2. The third-order valence-electron chi connectivity index (χ3n) is 3.51. The molecule has 0 aromatic heterocycles. The Hall–Kier alpha value is -0.180. The van der Waals surface area contributed by atoms with Gasteiger partial charge in [0.2, 0.25) is 0 Å². The van der Waals surface area contributed by atoms with E-state index in [1.807, 2.05) is 11.8 Å². The zero-order chi connectivity index (χ0) is 12.6. The van der Waals surface area contributed by atoms with Gasteiger partial charge in [0.1, 0.15) is 0 Å². The van der Waals surface area contributed by atoms with Crippen LogP contribution in [-0.2, 0) is 0 Å². The molecule has 2 atom stereocenters. The van der Waals surface area contributed by atoms with E-state index < -0.39 is 0 Å². The van der Waals surface area contributed by atoms with Gasteiger partial charge in [0, 0.05) is 22.6 Å². The van der Waals surface area contributed by atoms with E-state index in [0.29, 0.717) is 11.3 Å².